The number of aromatic nitrogens is 1. The summed E-state index contributed by atoms with van der Waals surface area (Å²) in [5.41, 5.74) is 4.24. The number of aliphatic hydroxyl groups is 1. The molecule has 0 radical (unpaired) electrons. The summed E-state index contributed by atoms with van der Waals surface area (Å²) in [6, 6.07) is 6.13. The molecule has 9 heteroatoms. The molecule has 2 fully saturated rings. The van der Waals surface area contributed by atoms with E-state index in [1.165, 1.54) is 4.90 Å². The van der Waals surface area contributed by atoms with Crippen LogP contribution in [-0.2, 0) is 14.4 Å². The minimum absolute atomic E-state index is 0.0321. The van der Waals surface area contributed by atoms with Crippen molar-refractivity contribution in [3.63, 3.8) is 0 Å². The third-order valence-corrected chi connectivity index (χ3v) is 9.44. The minimum atomic E-state index is -0.807. The van der Waals surface area contributed by atoms with E-state index in [9.17, 15) is 19.5 Å². The predicted molar refractivity (Wildman–Crippen MR) is 158 cm³/mol. The Balaban J connectivity index is 1.44. The Bertz CT molecular complexity index is 1210. The molecule has 1 aromatic heterocycles. The molecule has 3 N–H and O–H groups in total. The van der Waals surface area contributed by atoms with Gasteiger partial charge in [0.25, 0.3) is 0 Å². The normalized spacial score (nSPS) is 22.1. The fourth-order valence-electron chi connectivity index (χ4n) is 6.02. The number of nitrogens with one attached hydrogen (secondary N) is 2. The first-order valence-corrected chi connectivity index (χ1v) is 15.2. The van der Waals surface area contributed by atoms with Crippen molar-refractivity contribution in [1.82, 2.24) is 20.5 Å². The van der Waals surface area contributed by atoms with Gasteiger partial charge in [-0.15, -0.1) is 11.3 Å². The summed E-state index contributed by atoms with van der Waals surface area (Å²) in [5, 5.41) is 16.5. The number of thiazole rings is 1. The quantitative estimate of drug-likeness (QED) is 0.425. The van der Waals surface area contributed by atoms with Gasteiger partial charge in [-0.2, -0.15) is 0 Å². The minimum Gasteiger partial charge on any atom is -0.391 e. The van der Waals surface area contributed by atoms with E-state index in [1.807, 2.05) is 64.4 Å². The number of nitrogens with zero attached hydrogens (tertiary/aromatic N) is 2. The van der Waals surface area contributed by atoms with Crippen molar-refractivity contribution in [3.05, 3.63) is 41.0 Å². The fourth-order valence-corrected chi connectivity index (χ4v) is 6.83. The molecule has 3 amide bonds. The smallest absolute Gasteiger partial charge is 0.246 e. The van der Waals surface area contributed by atoms with Crippen LogP contribution in [0.2, 0.25) is 0 Å². The number of hydrogen-bond donors (Lipinski definition) is 3. The highest BCUT2D eigenvalue weighted by atomic mass is 32.1. The van der Waals surface area contributed by atoms with E-state index in [2.05, 4.69) is 22.5 Å². The molecule has 2 aliphatic rings. The molecule has 1 aliphatic carbocycles. The average Bonchev–Trinajstić information content (AvgIpc) is 3.61. The lowest BCUT2D eigenvalue weighted by atomic mass is 9.83. The third-order valence-electron chi connectivity index (χ3n) is 8.46. The van der Waals surface area contributed by atoms with E-state index in [0.29, 0.717) is 6.42 Å². The molecule has 0 unspecified atom stereocenters. The van der Waals surface area contributed by atoms with Crippen LogP contribution in [0.25, 0.3) is 10.4 Å². The molecule has 2 heterocycles. The van der Waals surface area contributed by atoms with E-state index >= 15 is 0 Å². The summed E-state index contributed by atoms with van der Waals surface area (Å²) >= 11 is 1.59. The van der Waals surface area contributed by atoms with Crippen molar-refractivity contribution in [1.29, 1.82) is 0 Å². The molecule has 8 nitrogen and oxygen atoms in total. The van der Waals surface area contributed by atoms with Crippen molar-refractivity contribution >= 4 is 29.1 Å². The number of carbonyl (C=O) groups excluding carboxylic acids is 3. The van der Waals surface area contributed by atoms with Gasteiger partial charge >= 0.3 is 0 Å². The second kappa shape index (κ2) is 12.0. The van der Waals surface area contributed by atoms with Gasteiger partial charge in [0, 0.05) is 19.4 Å². The number of β-amino-alcohol motifs (C(OH)–C–C–N with tert-alkyl or cyclic N) is 1. The topological polar surface area (TPSA) is 112 Å². The monoisotopic (exact) mass is 568 g/mol. The second-order valence-electron chi connectivity index (χ2n) is 13.1. The van der Waals surface area contributed by atoms with Crippen molar-refractivity contribution in [2.75, 3.05) is 6.54 Å². The molecule has 2 aromatic rings. The van der Waals surface area contributed by atoms with Crippen molar-refractivity contribution in [2.45, 2.75) is 104 Å². The van der Waals surface area contributed by atoms with Crippen LogP contribution in [0, 0.1) is 17.8 Å². The van der Waals surface area contributed by atoms with Gasteiger partial charge in [0.1, 0.15) is 12.1 Å². The van der Waals surface area contributed by atoms with Gasteiger partial charge < -0.3 is 20.6 Å². The highest BCUT2D eigenvalue weighted by Gasteiger charge is 2.45. The SMILES string of the molecule is Cc1ncsc1-c1ccc([C@H](C)NC(=O)[C@@H]2C[C@@H](O)CN2C(=O)[C@@H](NC(=O)CC2(C)CCCC2)C(C)(C)C)cc1. The maximum Gasteiger partial charge on any atom is 0.246 e. The molecule has 1 saturated heterocycles. The molecule has 1 saturated carbocycles. The summed E-state index contributed by atoms with van der Waals surface area (Å²) in [6.45, 7) is 11.8. The first-order chi connectivity index (χ1) is 18.8. The van der Waals surface area contributed by atoms with Gasteiger partial charge in [0.05, 0.1) is 28.2 Å². The number of aryl methyl sites for hydroxylation is 1. The number of aliphatic hydroxyl groups excluding tert-OH is 1. The lowest BCUT2D eigenvalue weighted by Gasteiger charge is -2.36. The van der Waals surface area contributed by atoms with Crippen LogP contribution >= 0.6 is 11.3 Å². The summed E-state index contributed by atoms with van der Waals surface area (Å²) in [6.07, 6.45) is 4.03. The molecule has 4 rings (SSSR count). The number of hydrogen-bond acceptors (Lipinski definition) is 6. The summed E-state index contributed by atoms with van der Waals surface area (Å²) < 4.78 is 0. The third kappa shape index (κ3) is 6.92. The molecule has 1 aliphatic heterocycles. The second-order valence-corrected chi connectivity index (χ2v) is 13.9. The Morgan fingerprint density at radius 1 is 1.15 bits per heavy atom. The largest absolute Gasteiger partial charge is 0.391 e. The number of benzene rings is 1. The van der Waals surface area contributed by atoms with Crippen LogP contribution in [0.1, 0.15) is 90.4 Å². The highest BCUT2D eigenvalue weighted by Crippen LogP contribution is 2.40. The Hall–Kier alpha value is -2.78. The van der Waals surface area contributed by atoms with Crippen molar-refractivity contribution < 1.29 is 19.5 Å². The van der Waals surface area contributed by atoms with Gasteiger partial charge in [0.2, 0.25) is 17.7 Å². The molecular formula is C31H44N4O4S. The van der Waals surface area contributed by atoms with E-state index in [-0.39, 0.29) is 42.1 Å². The van der Waals surface area contributed by atoms with Crippen LogP contribution in [0.15, 0.2) is 29.8 Å². The maximum absolute atomic E-state index is 13.9. The zero-order valence-electron chi connectivity index (χ0n) is 24.6. The zero-order valence-corrected chi connectivity index (χ0v) is 25.4. The van der Waals surface area contributed by atoms with E-state index in [0.717, 1.165) is 47.4 Å². The van der Waals surface area contributed by atoms with Gasteiger partial charge in [0.15, 0.2) is 0 Å². The highest BCUT2D eigenvalue weighted by molar-refractivity contribution is 7.13. The predicted octanol–water partition coefficient (Wildman–Crippen LogP) is 4.76. The number of likely N-dealkylation sites (tertiary alicyclic amines) is 1. The fraction of sp³-hybridized carbons (Fsp3) is 0.613. The molecule has 0 spiro atoms. The lowest BCUT2D eigenvalue weighted by molar-refractivity contribution is -0.144. The molecule has 4 atom stereocenters. The molecule has 0 bridgehead atoms. The summed E-state index contributed by atoms with van der Waals surface area (Å²) in [7, 11) is 0. The van der Waals surface area contributed by atoms with Gasteiger partial charge in [-0.1, -0.05) is 64.8 Å². The van der Waals surface area contributed by atoms with Crippen molar-refractivity contribution in [2.24, 2.45) is 10.8 Å². The summed E-state index contributed by atoms with van der Waals surface area (Å²) in [4.78, 5) is 47.3. The average molecular weight is 569 g/mol. The van der Waals surface area contributed by atoms with Crippen LogP contribution in [0.3, 0.4) is 0 Å². The first-order valence-electron chi connectivity index (χ1n) is 14.4. The van der Waals surface area contributed by atoms with Crippen molar-refractivity contribution in [3.8, 4) is 10.4 Å². The Morgan fingerprint density at radius 3 is 2.38 bits per heavy atom. The maximum atomic E-state index is 13.9. The van der Waals surface area contributed by atoms with Gasteiger partial charge in [-0.3, -0.25) is 14.4 Å². The van der Waals surface area contributed by atoms with Crippen LogP contribution < -0.4 is 10.6 Å². The van der Waals surface area contributed by atoms with Crippen LogP contribution in [-0.4, -0.2) is 57.4 Å². The Kier molecular flexibility index (Phi) is 9.05. The van der Waals surface area contributed by atoms with Gasteiger partial charge in [-0.05, 0) is 48.6 Å². The first kappa shape index (κ1) is 30.2. The number of carbonyl (C=O) groups is 3. The lowest BCUT2D eigenvalue weighted by Crippen LogP contribution is -2.58. The summed E-state index contributed by atoms with van der Waals surface area (Å²) in [5.74, 6) is -0.771. The van der Waals surface area contributed by atoms with Crippen LogP contribution in [0.5, 0.6) is 0 Å². The number of rotatable bonds is 8. The number of amides is 3. The molecule has 40 heavy (non-hydrogen) atoms. The Labute approximate surface area is 242 Å². The van der Waals surface area contributed by atoms with Gasteiger partial charge in [-0.25, -0.2) is 4.98 Å². The molecule has 1 aromatic carbocycles. The zero-order chi connectivity index (χ0) is 29.2. The van der Waals surface area contributed by atoms with E-state index < -0.39 is 23.6 Å². The molecular weight excluding hydrogens is 524 g/mol. The molecule has 218 valence electrons. The van der Waals surface area contributed by atoms with E-state index in [4.69, 9.17) is 0 Å². The van der Waals surface area contributed by atoms with E-state index in [1.54, 1.807) is 11.3 Å². The van der Waals surface area contributed by atoms with Crippen LogP contribution in [0.4, 0.5) is 0 Å². The standard InChI is InChI=1S/C31H44N4O4S/c1-19(21-9-11-22(12-10-21)26-20(2)32-18-40-26)33-28(38)24-15-23(36)17-35(24)29(39)27(30(3,4)5)34-25(37)16-31(6)13-7-8-14-31/h9-12,18-19,23-24,27,36H,7-8,13-17H2,1-6H3,(H,33,38)(H,34,37)/t19-,23+,24-,27+/m0/s1. The Morgan fingerprint density at radius 2 is 1.80 bits per heavy atom.